The van der Waals surface area contributed by atoms with Gasteiger partial charge in [-0.3, -0.25) is 9.67 Å². The van der Waals surface area contributed by atoms with Gasteiger partial charge in [-0.05, 0) is 31.0 Å². The third kappa shape index (κ3) is 2.81. The van der Waals surface area contributed by atoms with E-state index in [1.54, 1.807) is 18.3 Å². The van der Waals surface area contributed by atoms with E-state index in [0.717, 1.165) is 24.2 Å². The third-order valence-corrected chi connectivity index (χ3v) is 3.06. The second-order valence-electron chi connectivity index (χ2n) is 4.29. The molecule has 2 aromatic heterocycles. The molecule has 2 rings (SSSR count). The largest absolute Gasteiger partial charge is 0.478 e. The summed E-state index contributed by atoms with van der Waals surface area (Å²) < 4.78 is 1.84. The predicted octanol–water partition coefficient (Wildman–Crippen LogP) is 2.15. The van der Waals surface area contributed by atoms with Crippen LogP contribution in [0.15, 0.2) is 24.4 Å². The Hall–Kier alpha value is -2.17. The molecule has 0 unspecified atom stereocenters. The number of aromatic nitrogens is 3. The van der Waals surface area contributed by atoms with Crippen LogP contribution in [0, 0.1) is 0 Å². The molecule has 2 aromatic rings. The van der Waals surface area contributed by atoms with Crippen molar-refractivity contribution in [2.75, 3.05) is 0 Å². The molecular weight excluding hydrogens is 242 g/mol. The number of hydrogen-bond donors (Lipinski definition) is 1. The van der Waals surface area contributed by atoms with Crippen molar-refractivity contribution in [3.8, 4) is 0 Å². The Morgan fingerprint density at radius 3 is 2.79 bits per heavy atom. The lowest BCUT2D eigenvalue weighted by Gasteiger charge is -2.07. The van der Waals surface area contributed by atoms with Gasteiger partial charge in [0.15, 0.2) is 0 Å². The van der Waals surface area contributed by atoms with E-state index >= 15 is 0 Å². The Balaban J connectivity index is 2.35. The van der Waals surface area contributed by atoms with E-state index in [1.807, 2.05) is 4.68 Å². The summed E-state index contributed by atoms with van der Waals surface area (Å²) in [6.45, 7) is 4.50. The van der Waals surface area contributed by atoms with E-state index in [1.165, 1.54) is 0 Å². The molecule has 0 fully saturated rings. The number of pyridine rings is 1. The maximum Gasteiger partial charge on any atom is 0.337 e. The van der Waals surface area contributed by atoms with E-state index in [-0.39, 0.29) is 5.56 Å². The molecule has 0 aliphatic rings. The predicted molar refractivity (Wildman–Crippen MR) is 71.3 cm³/mol. The van der Waals surface area contributed by atoms with Crippen LogP contribution in [-0.2, 0) is 19.4 Å². The van der Waals surface area contributed by atoms with Crippen molar-refractivity contribution in [1.82, 2.24) is 14.8 Å². The second-order valence-corrected chi connectivity index (χ2v) is 4.29. The van der Waals surface area contributed by atoms with E-state index in [4.69, 9.17) is 5.11 Å². The molecule has 100 valence electrons. The van der Waals surface area contributed by atoms with Gasteiger partial charge in [0.05, 0.1) is 23.5 Å². The van der Waals surface area contributed by atoms with Crippen LogP contribution in [0.1, 0.15) is 41.3 Å². The zero-order chi connectivity index (χ0) is 13.8. The number of carboxylic acid groups (broad SMARTS) is 1. The Morgan fingerprint density at radius 2 is 2.16 bits per heavy atom. The molecule has 0 saturated carbocycles. The maximum absolute atomic E-state index is 11.2. The smallest absolute Gasteiger partial charge is 0.337 e. The summed E-state index contributed by atoms with van der Waals surface area (Å²) in [5, 5.41) is 13.6. The van der Waals surface area contributed by atoms with E-state index in [0.29, 0.717) is 12.2 Å². The summed E-state index contributed by atoms with van der Waals surface area (Å²) in [6, 6.07) is 5.26. The molecule has 0 bridgehead atoms. The molecule has 19 heavy (non-hydrogen) atoms. The molecule has 0 aliphatic heterocycles. The first-order valence-corrected chi connectivity index (χ1v) is 6.38. The number of nitrogens with zero attached hydrogens (tertiary/aromatic N) is 3. The minimum atomic E-state index is -0.955. The average Bonchev–Trinajstić information content (AvgIpc) is 2.81. The number of aromatic carboxylic acids is 1. The molecule has 0 atom stereocenters. The van der Waals surface area contributed by atoms with Crippen LogP contribution in [0.2, 0.25) is 0 Å². The topological polar surface area (TPSA) is 68.0 Å². The molecule has 0 aliphatic carbocycles. The molecule has 0 spiro atoms. The van der Waals surface area contributed by atoms with E-state index in [9.17, 15) is 4.79 Å². The second kappa shape index (κ2) is 5.65. The highest BCUT2D eigenvalue weighted by molar-refractivity contribution is 5.88. The molecular formula is C14H17N3O2. The lowest BCUT2D eigenvalue weighted by atomic mass is 10.2. The van der Waals surface area contributed by atoms with Crippen molar-refractivity contribution in [3.05, 3.63) is 47.0 Å². The number of rotatable bonds is 5. The van der Waals surface area contributed by atoms with Gasteiger partial charge in [-0.2, -0.15) is 5.10 Å². The molecule has 5 heteroatoms. The van der Waals surface area contributed by atoms with Crippen LogP contribution in [0.5, 0.6) is 0 Å². The molecule has 0 radical (unpaired) electrons. The van der Waals surface area contributed by atoms with Gasteiger partial charge in [-0.15, -0.1) is 0 Å². The van der Waals surface area contributed by atoms with Crippen LogP contribution in [-0.4, -0.2) is 25.8 Å². The summed E-state index contributed by atoms with van der Waals surface area (Å²) in [4.78, 5) is 15.3. The van der Waals surface area contributed by atoms with Gasteiger partial charge in [0.1, 0.15) is 0 Å². The van der Waals surface area contributed by atoms with Crippen LogP contribution >= 0.6 is 0 Å². The SMILES string of the molecule is CCc1cc(CC)n(Cc2ncccc2C(=O)O)n1. The van der Waals surface area contributed by atoms with E-state index in [2.05, 4.69) is 30.0 Å². The first kappa shape index (κ1) is 13.3. The van der Waals surface area contributed by atoms with Gasteiger partial charge in [0.25, 0.3) is 0 Å². The van der Waals surface area contributed by atoms with Gasteiger partial charge < -0.3 is 5.11 Å². The van der Waals surface area contributed by atoms with Crippen LogP contribution < -0.4 is 0 Å². The summed E-state index contributed by atoms with van der Waals surface area (Å²) in [6.07, 6.45) is 3.34. The monoisotopic (exact) mass is 259 g/mol. The molecule has 1 N–H and O–H groups in total. The molecule has 0 amide bonds. The zero-order valence-electron chi connectivity index (χ0n) is 11.1. The fourth-order valence-corrected chi connectivity index (χ4v) is 2.01. The fraction of sp³-hybridized carbons (Fsp3) is 0.357. The lowest BCUT2D eigenvalue weighted by molar-refractivity contribution is 0.0695. The fourth-order valence-electron chi connectivity index (χ4n) is 2.01. The first-order valence-electron chi connectivity index (χ1n) is 6.38. The minimum absolute atomic E-state index is 0.234. The Morgan fingerprint density at radius 1 is 1.37 bits per heavy atom. The van der Waals surface area contributed by atoms with Crippen molar-refractivity contribution in [2.24, 2.45) is 0 Å². The quantitative estimate of drug-likeness (QED) is 0.893. The molecule has 0 aromatic carbocycles. The first-order chi connectivity index (χ1) is 9.15. The van der Waals surface area contributed by atoms with Crippen molar-refractivity contribution in [1.29, 1.82) is 0 Å². The Labute approximate surface area is 111 Å². The molecule has 0 saturated heterocycles. The molecule has 5 nitrogen and oxygen atoms in total. The highest BCUT2D eigenvalue weighted by Crippen LogP contribution is 2.12. The summed E-state index contributed by atoms with van der Waals surface area (Å²) >= 11 is 0. The minimum Gasteiger partial charge on any atom is -0.478 e. The normalized spacial score (nSPS) is 10.6. The standard InChI is InChI=1S/C14H17N3O2/c1-3-10-8-11(4-2)17(16-10)9-13-12(14(18)19)6-5-7-15-13/h5-8H,3-4,9H2,1-2H3,(H,18,19). The van der Waals surface area contributed by atoms with Crippen molar-refractivity contribution >= 4 is 5.97 Å². The highest BCUT2D eigenvalue weighted by Gasteiger charge is 2.13. The average molecular weight is 259 g/mol. The Bertz CT molecular complexity index is 590. The van der Waals surface area contributed by atoms with E-state index < -0.39 is 5.97 Å². The van der Waals surface area contributed by atoms with Gasteiger partial charge in [0, 0.05) is 11.9 Å². The van der Waals surface area contributed by atoms with Crippen molar-refractivity contribution in [2.45, 2.75) is 33.2 Å². The summed E-state index contributed by atoms with van der Waals surface area (Å²) in [7, 11) is 0. The molecule has 2 heterocycles. The highest BCUT2D eigenvalue weighted by atomic mass is 16.4. The van der Waals surface area contributed by atoms with Crippen molar-refractivity contribution in [3.63, 3.8) is 0 Å². The lowest BCUT2D eigenvalue weighted by Crippen LogP contribution is -2.12. The van der Waals surface area contributed by atoms with Crippen LogP contribution in [0.3, 0.4) is 0 Å². The van der Waals surface area contributed by atoms with Crippen LogP contribution in [0.25, 0.3) is 0 Å². The number of carbonyl (C=O) groups is 1. The number of aryl methyl sites for hydroxylation is 2. The van der Waals surface area contributed by atoms with Gasteiger partial charge in [-0.25, -0.2) is 4.79 Å². The van der Waals surface area contributed by atoms with Crippen LogP contribution in [0.4, 0.5) is 0 Å². The summed E-state index contributed by atoms with van der Waals surface area (Å²) in [5.41, 5.74) is 2.89. The maximum atomic E-state index is 11.2. The van der Waals surface area contributed by atoms with Gasteiger partial charge >= 0.3 is 5.97 Å². The van der Waals surface area contributed by atoms with Gasteiger partial charge in [-0.1, -0.05) is 13.8 Å². The summed E-state index contributed by atoms with van der Waals surface area (Å²) in [5.74, 6) is -0.955. The van der Waals surface area contributed by atoms with Crippen molar-refractivity contribution < 1.29 is 9.90 Å². The third-order valence-electron chi connectivity index (χ3n) is 3.06. The number of hydrogen-bond acceptors (Lipinski definition) is 3. The number of carboxylic acids is 1. The Kier molecular flexibility index (Phi) is 3.94. The zero-order valence-corrected chi connectivity index (χ0v) is 11.1. The van der Waals surface area contributed by atoms with Gasteiger partial charge in [0.2, 0.25) is 0 Å².